The topological polar surface area (TPSA) is 58.6 Å². The highest BCUT2D eigenvalue weighted by Gasteiger charge is 2.35. The zero-order valence-electron chi connectivity index (χ0n) is 20.3. The third-order valence-electron chi connectivity index (χ3n) is 6.25. The molecule has 2 N–H and O–H groups in total. The molecule has 3 aromatic rings. The van der Waals surface area contributed by atoms with Gasteiger partial charge in [-0.1, -0.05) is 35.9 Å². The first kappa shape index (κ1) is 23.9. The van der Waals surface area contributed by atoms with Gasteiger partial charge in [0.2, 0.25) is 0 Å². The predicted molar refractivity (Wildman–Crippen MR) is 130 cm³/mol. The van der Waals surface area contributed by atoms with Crippen LogP contribution in [-0.4, -0.2) is 16.7 Å². The summed E-state index contributed by atoms with van der Waals surface area (Å²) >= 11 is 0. The molecule has 0 spiro atoms. The van der Waals surface area contributed by atoms with Gasteiger partial charge in [-0.15, -0.1) is 0 Å². The average Bonchev–Trinajstić information content (AvgIpc) is 2.76. The van der Waals surface area contributed by atoms with Crippen molar-refractivity contribution in [3.05, 3.63) is 75.8 Å². The number of rotatable bonds is 4. The largest absolute Gasteiger partial charge is 0.479 e. The monoisotopic (exact) mass is 465 g/mol. The van der Waals surface area contributed by atoms with Crippen LogP contribution >= 0.6 is 0 Å². The first-order valence-electron chi connectivity index (χ1n) is 11.3. The van der Waals surface area contributed by atoms with Crippen molar-refractivity contribution in [1.82, 2.24) is 0 Å². The van der Waals surface area contributed by atoms with E-state index in [9.17, 15) is 18.7 Å². The molecule has 4 nitrogen and oxygen atoms in total. The van der Waals surface area contributed by atoms with Gasteiger partial charge in [0.15, 0.2) is 17.7 Å². The number of halogens is 2. The molecule has 1 heterocycles. The van der Waals surface area contributed by atoms with Gasteiger partial charge in [0.25, 0.3) is 0 Å². The number of ether oxygens (including phenoxy) is 1. The van der Waals surface area contributed by atoms with Crippen LogP contribution in [0.3, 0.4) is 0 Å². The molecule has 0 aliphatic carbocycles. The summed E-state index contributed by atoms with van der Waals surface area (Å²) in [6.45, 7) is 11.3. The van der Waals surface area contributed by atoms with E-state index >= 15 is 0 Å². The van der Waals surface area contributed by atoms with Crippen molar-refractivity contribution in [1.29, 1.82) is 0 Å². The van der Waals surface area contributed by atoms with Crippen molar-refractivity contribution in [2.45, 2.75) is 59.8 Å². The predicted octanol–water partition coefficient (Wildman–Crippen LogP) is 7.09. The van der Waals surface area contributed by atoms with Gasteiger partial charge in [0.05, 0.1) is 5.60 Å². The summed E-state index contributed by atoms with van der Waals surface area (Å²) in [6, 6.07) is 10.6. The SMILES string of the molecule is Cc1ccc(-c2c(C)c3c(c(C)c2C(OC(C)(C)C)C(=O)O)NCc2c-3ccc(F)c2F)cc1. The minimum absolute atomic E-state index is 0.105. The van der Waals surface area contributed by atoms with Crippen LogP contribution in [0.25, 0.3) is 22.3 Å². The minimum Gasteiger partial charge on any atom is -0.479 e. The van der Waals surface area contributed by atoms with Crippen molar-refractivity contribution >= 4 is 11.7 Å². The zero-order chi connectivity index (χ0) is 24.9. The van der Waals surface area contributed by atoms with E-state index in [2.05, 4.69) is 5.32 Å². The number of aryl methyl sites for hydroxylation is 1. The minimum atomic E-state index is -1.21. The van der Waals surface area contributed by atoms with E-state index in [1.807, 2.05) is 65.8 Å². The Kier molecular flexibility index (Phi) is 5.98. The number of carboxylic acids is 1. The molecule has 1 aliphatic rings. The third kappa shape index (κ3) is 4.07. The molecule has 3 aromatic carbocycles. The van der Waals surface area contributed by atoms with E-state index in [1.54, 1.807) is 6.07 Å². The summed E-state index contributed by atoms with van der Waals surface area (Å²) in [5.41, 5.74) is 6.31. The van der Waals surface area contributed by atoms with Crippen molar-refractivity contribution in [2.75, 3.05) is 5.32 Å². The molecular weight excluding hydrogens is 436 g/mol. The van der Waals surface area contributed by atoms with Gasteiger partial charge in [-0.3, -0.25) is 0 Å². The highest BCUT2D eigenvalue weighted by Crippen LogP contribution is 2.49. The van der Waals surface area contributed by atoms with E-state index < -0.39 is 29.3 Å². The van der Waals surface area contributed by atoms with Crippen molar-refractivity contribution in [3.8, 4) is 22.3 Å². The highest BCUT2D eigenvalue weighted by molar-refractivity contribution is 5.96. The van der Waals surface area contributed by atoms with E-state index in [1.165, 1.54) is 0 Å². The molecular formula is C28H29F2NO3. The number of carbonyl (C=O) groups is 1. The number of carboxylic acid groups (broad SMARTS) is 1. The molecule has 6 heteroatoms. The summed E-state index contributed by atoms with van der Waals surface area (Å²) < 4.78 is 34.7. The number of fused-ring (bicyclic) bond motifs is 3. The maximum atomic E-state index is 14.7. The lowest BCUT2D eigenvalue weighted by atomic mass is 9.80. The molecule has 0 fully saturated rings. The van der Waals surface area contributed by atoms with Gasteiger partial charge < -0.3 is 15.2 Å². The van der Waals surface area contributed by atoms with Crippen molar-refractivity contribution in [2.24, 2.45) is 0 Å². The van der Waals surface area contributed by atoms with Crippen molar-refractivity contribution in [3.63, 3.8) is 0 Å². The van der Waals surface area contributed by atoms with Gasteiger partial charge in [-0.05, 0) is 75.4 Å². The molecule has 0 bridgehead atoms. The Morgan fingerprint density at radius 1 is 1.00 bits per heavy atom. The molecule has 34 heavy (non-hydrogen) atoms. The van der Waals surface area contributed by atoms with Crippen LogP contribution in [0.4, 0.5) is 14.5 Å². The molecule has 1 aliphatic heterocycles. The lowest BCUT2D eigenvalue weighted by Crippen LogP contribution is -2.29. The standard InChI is InChI=1S/C28H29F2NO3/c1-14-7-9-17(10-8-14)21-15(2)22-18-11-12-20(29)24(30)19(18)13-31-25(22)16(3)23(21)26(27(32)33)34-28(4,5)6/h7-12,26,31H,13H2,1-6H3,(H,32,33). The second kappa shape index (κ2) is 8.51. The van der Waals surface area contributed by atoms with Gasteiger partial charge in [0.1, 0.15) is 0 Å². The summed E-state index contributed by atoms with van der Waals surface area (Å²) in [6.07, 6.45) is -1.21. The number of aliphatic carboxylic acids is 1. The number of hydrogen-bond acceptors (Lipinski definition) is 3. The molecule has 1 atom stereocenters. The molecule has 0 saturated carbocycles. The lowest BCUT2D eigenvalue weighted by Gasteiger charge is -2.33. The van der Waals surface area contributed by atoms with Gasteiger partial charge in [0, 0.05) is 28.9 Å². The molecule has 0 saturated heterocycles. The second-order valence-corrected chi connectivity index (χ2v) is 9.84. The summed E-state index contributed by atoms with van der Waals surface area (Å²) in [7, 11) is 0. The molecule has 0 aromatic heterocycles. The Morgan fingerprint density at radius 2 is 1.65 bits per heavy atom. The smallest absolute Gasteiger partial charge is 0.337 e. The molecule has 178 valence electrons. The molecule has 0 radical (unpaired) electrons. The van der Waals surface area contributed by atoms with Gasteiger partial charge in [-0.25, -0.2) is 13.6 Å². The summed E-state index contributed by atoms with van der Waals surface area (Å²) in [5, 5.41) is 13.4. The highest BCUT2D eigenvalue weighted by atomic mass is 19.2. The zero-order valence-corrected chi connectivity index (χ0v) is 20.3. The van der Waals surface area contributed by atoms with Crippen LogP contribution in [0, 0.1) is 32.4 Å². The lowest BCUT2D eigenvalue weighted by molar-refractivity contribution is -0.160. The van der Waals surface area contributed by atoms with Gasteiger partial charge >= 0.3 is 5.97 Å². The van der Waals surface area contributed by atoms with E-state index in [-0.39, 0.29) is 12.1 Å². The molecule has 1 unspecified atom stereocenters. The Labute approximate surface area is 198 Å². The molecule has 4 rings (SSSR count). The maximum Gasteiger partial charge on any atom is 0.337 e. The Morgan fingerprint density at radius 3 is 2.24 bits per heavy atom. The van der Waals surface area contributed by atoms with E-state index in [4.69, 9.17) is 4.74 Å². The van der Waals surface area contributed by atoms with E-state index in [0.29, 0.717) is 22.4 Å². The average molecular weight is 466 g/mol. The number of nitrogens with one attached hydrogen (secondary N) is 1. The van der Waals surface area contributed by atoms with Gasteiger partial charge in [-0.2, -0.15) is 0 Å². The van der Waals surface area contributed by atoms with Crippen molar-refractivity contribution < 1.29 is 23.4 Å². The summed E-state index contributed by atoms with van der Waals surface area (Å²) in [4.78, 5) is 12.5. The van der Waals surface area contributed by atoms with E-state index in [0.717, 1.165) is 33.9 Å². The van der Waals surface area contributed by atoms with Crippen LogP contribution in [0.2, 0.25) is 0 Å². The number of hydrogen-bond donors (Lipinski definition) is 2. The first-order valence-corrected chi connectivity index (χ1v) is 11.3. The van der Waals surface area contributed by atoms with Crippen LogP contribution < -0.4 is 5.32 Å². The first-order chi connectivity index (χ1) is 15.9. The number of anilines is 1. The Bertz CT molecular complexity index is 1290. The Hall–Kier alpha value is -3.25. The van der Waals surface area contributed by atoms with Crippen LogP contribution in [-0.2, 0) is 16.1 Å². The third-order valence-corrected chi connectivity index (χ3v) is 6.25. The van der Waals surface area contributed by atoms with Crippen LogP contribution in [0.15, 0.2) is 36.4 Å². The maximum absolute atomic E-state index is 14.7. The van der Waals surface area contributed by atoms with Crippen LogP contribution in [0.5, 0.6) is 0 Å². The number of benzene rings is 3. The quantitative estimate of drug-likeness (QED) is 0.432. The molecule has 0 amide bonds. The fourth-order valence-electron chi connectivity index (χ4n) is 4.76. The van der Waals surface area contributed by atoms with Crippen LogP contribution in [0.1, 0.15) is 54.7 Å². The Balaban J connectivity index is 2.11. The second-order valence-electron chi connectivity index (χ2n) is 9.84. The summed E-state index contributed by atoms with van der Waals surface area (Å²) in [5.74, 6) is -2.85. The fourth-order valence-corrected chi connectivity index (χ4v) is 4.76. The fraction of sp³-hybridized carbons (Fsp3) is 0.321. The normalized spacial score (nSPS) is 13.6.